The van der Waals surface area contributed by atoms with Gasteiger partial charge in [-0.2, -0.15) is 0 Å². The summed E-state index contributed by atoms with van der Waals surface area (Å²) in [4.78, 5) is 17.1. The molecule has 0 spiro atoms. The molecule has 2 N–H and O–H groups in total. The Balaban J connectivity index is 1.87. The van der Waals surface area contributed by atoms with Gasteiger partial charge in [0.05, 0.1) is 5.54 Å². The van der Waals surface area contributed by atoms with Crippen LogP contribution >= 0.6 is 0 Å². The number of piperidine rings is 1. The van der Waals surface area contributed by atoms with E-state index in [1.54, 1.807) is 0 Å². The van der Waals surface area contributed by atoms with E-state index >= 15 is 0 Å². The van der Waals surface area contributed by atoms with Gasteiger partial charge in [0.15, 0.2) is 0 Å². The number of hydrogen-bond acceptors (Lipinski definition) is 3. The molecule has 1 amide bonds. The molecule has 2 aliphatic rings. The molecule has 0 aromatic heterocycles. The molecule has 1 saturated carbocycles. The van der Waals surface area contributed by atoms with E-state index in [4.69, 9.17) is 5.73 Å². The van der Waals surface area contributed by atoms with E-state index in [-0.39, 0.29) is 5.91 Å². The fourth-order valence-corrected chi connectivity index (χ4v) is 3.71. The number of hydrogen-bond donors (Lipinski definition) is 1. The van der Waals surface area contributed by atoms with Crippen molar-refractivity contribution in [2.45, 2.75) is 64.0 Å². The fraction of sp³-hybridized carbons (Fsp3) is 0.933. The van der Waals surface area contributed by atoms with Crippen LogP contribution in [-0.2, 0) is 4.79 Å². The van der Waals surface area contributed by atoms with Gasteiger partial charge >= 0.3 is 0 Å². The molecule has 0 unspecified atom stereocenters. The van der Waals surface area contributed by atoms with Gasteiger partial charge in [0.1, 0.15) is 0 Å². The summed E-state index contributed by atoms with van der Waals surface area (Å²) in [6.07, 6.45) is 6.17. The van der Waals surface area contributed by atoms with Crippen LogP contribution in [0.1, 0.15) is 52.4 Å². The molecule has 0 aromatic rings. The second-order valence-corrected chi connectivity index (χ2v) is 6.11. The standard InChI is InChI=1S/C15H29N3O/c1-3-17(4-2)13-7-11-18(12-8-13)14(19)15(16)9-5-6-10-15/h13H,3-12,16H2,1-2H3. The number of nitrogens with two attached hydrogens (primary N) is 1. The number of amides is 1. The molecule has 0 aromatic carbocycles. The van der Waals surface area contributed by atoms with Crippen LogP contribution in [0.25, 0.3) is 0 Å². The second kappa shape index (κ2) is 6.23. The van der Waals surface area contributed by atoms with Crippen molar-refractivity contribution in [2.75, 3.05) is 26.2 Å². The summed E-state index contributed by atoms with van der Waals surface area (Å²) in [6.45, 7) is 8.42. The molecule has 0 bridgehead atoms. The Kier molecular flexibility index (Phi) is 4.85. The zero-order chi connectivity index (χ0) is 13.9. The largest absolute Gasteiger partial charge is 0.341 e. The monoisotopic (exact) mass is 267 g/mol. The molecular formula is C15H29N3O. The predicted octanol–water partition coefficient (Wildman–Crippen LogP) is 1.59. The maximum absolute atomic E-state index is 12.5. The van der Waals surface area contributed by atoms with Gasteiger partial charge in [0.2, 0.25) is 5.91 Å². The zero-order valence-corrected chi connectivity index (χ0v) is 12.5. The van der Waals surface area contributed by atoms with Crippen LogP contribution in [0, 0.1) is 0 Å². The number of carbonyl (C=O) groups is 1. The Bertz CT molecular complexity index is 301. The Labute approximate surface area is 117 Å². The van der Waals surface area contributed by atoms with Gasteiger partial charge in [0, 0.05) is 19.1 Å². The summed E-state index contributed by atoms with van der Waals surface area (Å²) in [7, 11) is 0. The topological polar surface area (TPSA) is 49.6 Å². The van der Waals surface area contributed by atoms with Crippen molar-refractivity contribution in [2.24, 2.45) is 5.73 Å². The Hall–Kier alpha value is -0.610. The van der Waals surface area contributed by atoms with Crippen LogP contribution < -0.4 is 5.73 Å². The van der Waals surface area contributed by atoms with Crippen LogP contribution in [0.2, 0.25) is 0 Å². The quantitative estimate of drug-likeness (QED) is 0.841. The molecular weight excluding hydrogens is 238 g/mol. The smallest absolute Gasteiger partial charge is 0.242 e. The van der Waals surface area contributed by atoms with E-state index in [0.717, 1.165) is 64.7 Å². The van der Waals surface area contributed by atoms with Crippen LogP contribution in [0.5, 0.6) is 0 Å². The Morgan fingerprint density at radius 1 is 1.21 bits per heavy atom. The highest BCUT2D eigenvalue weighted by Crippen LogP contribution is 2.30. The van der Waals surface area contributed by atoms with Gasteiger partial charge in [-0.25, -0.2) is 0 Å². The predicted molar refractivity (Wildman–Crippen MR) is 77.9 cm³/mol. The van der Waals surface area contributed by atoms with Gasteiger partial charge in [-0.1, -0.05) is 26.7 Å². The molecule has 0 radical (unpaired) electrons. The van der Waals surface area contributed by atoms with E-state index in [0.29, 0.717) is 6.04 Å². The second-order valence-electron chi connectivity index (χ2n) is 6.11. The molecule has 4 nitrogen and oxygen atoms in total. The molecule has 4 heteroatoms. The van der Waals surface area contributed by atoms with E-state index in [1.807, 2.05) is 4.90 Å². The van der Waals surface area contributed by atoms with Crippen molar-refractivity contribution in [3.8, 4) is 0 Å². The van der Waals surface area contributed by atoms with Gasteiger partial charge < -0.3 is 15.5 Å². The minimum absolute atomic E-state index is 0.211. The third kappa shape index (κ3) is 3.11. The summed E-state index contributed by atoms with van der Waals surface area (Å²) in [5.41, 5.74) is 5.74. The SMILES string of the molecule is CCN(CC)C1CCN(C(=O)C2(N)CCCC2)CC1. The number of rotatable bonds is 4. The van der Waals surface area contributed by atoms with Gasteiger partial charge in [0.25, 0.3) is 0 Å². The fourth-order valence-electron chi connectivity index (χ4n) is 3.71. The van der Waals surface area contributed by atoms with Gasteiger partial charge in [-0.15, -0.1) is 0 Å². The first-order valence-electron chi connectivity index (χ1n) is 7.93. The van der Waals surface area contributed by atoms with Crippen molar-refractivity contribution in [1.82, 2.24) is 9.80 Å². The molecule has 2 rings (SSSR count). The minimum Gasteiger partial charge on any atom is -0.341 e. The first-order valence-corrected chi connectivity index (χ1v) is 7.93. The Morgan fingerprint density at radius 2 is 1.74 bits per heavy atom. The maximum Gasteiger partial charge on any atom is 0.242 e. The minimum atomic E-state index is -0.540. The van der Waals surface area contributed by atoms with Crippen LogP contribution in [0.3, 0.4) is 0 Å². The number of nitrogens with zero attached hydrogens (tertiary/aromatic N) is 2. The summed E-state index contributed by atoms with van der Waals surface area (Å²) in [6, 6.07) is 0.649. The third-order valence-electron chi connectivity index (χ3n) is 5.00. The first-order chi connectivity index (χ1) is 9.10. The van der Waals surface area contributed by atoms with E-state index < -0.39 is 5.54 Å². The maximum atomic E-state index is 12.5. The molecule has 110 valence electrons. The molecule has 19 heavy (non-hydrogen) atoms. The lowest BCUT2D eigenvalue weighted by Crippen LogP contribution is -2.56. The third-order valence-corrected chi connectivity index (χ3v) is 5.00. The molecule has 1 saturated heterocycles. The molecule has 2 fully saturated rings. The average Bonchev–Trinajstić information content (AvgIpc) is 2.88. The molecule has 1 heterocycles. The van der Waals surface area contributed by atoms with E-state index in [9.17, 15) is 4.79 Å². The molecule has 1 aliphatic heterocycles. The van der Waals surface area contributed by atoms with Crippen LogP contribution in [-0.4, -0.2) is 53.5 Å². The summed E-state index contributed by atoms with van der Waals surface area (Å²) in [5, 5.41) is 0. The van der Waals surface area contributed by atoms with Gasteiger partial charge in [-0.3, -0.25) is 4.79 Å². The lowest BCUT2D eigenvalue weighted by Gasteiger charge is -2.40. The van der Waals surface area contributed by atoms with Crippen molar-refractivity contribution < 1.29 is 4.79 Å². The highest BCUT2D eigenvalue weighted by atomic mass is 16.2. The summed E-state index contributed by atoms with van der Waals surface area (Å²) < 4.78 is 0. The lowest BCUT2D eigenvalue weighted by molar-refractivity contribution is -0.138. The number of likely N-dealkylation sites (tertiary alicyclic amines) is 1. The van der Waals surface area contributed by atoms with Crippen molar-refractivity contribution in [1.29, 1.82) is 0 Å². The van der Waals surface area contributed by atoms with Gasteiger partial charge in [-0.05, 0) is 38.8 Å². The zero-order valence-electron chi connectivity index (χ0n) is 12.5. The van der Waals surface area contributed by atoms with Crippen LogP contribution in [0.15, 0.2) is 0 Å². The highest BCUT2D eigenvalue weighted by Gasteiger charge is 2.40. The summed E-state index contributed by atoms with van der Waals surface area (Å²) in [5.74, 6) is 0.211. The van der Waals surface area contributed by atoms with Crippen molar-refractivity contribution in [3.05, 3.63) is 0 Å². The lowest BCUT2D eigenvalue weighted by atomic mass is 9.94. The van der Waals surface area contributed by atoms with E-state index in [2.05, 4.69) is 18.7 Å². The molecule has 0 atom stereocenters. The van der Waals surface area contributed by atoms with E-state index in [1.165, 1.54) is 0 Å². The summed E-state index contributed by atoms with van der Waals surface area (Å²) >= 11 is 0. The highest BCUT2D eigenvalue weighted by molar-refractivity contribution is 5.86. The first kappa shape index (κ1) is 14.8. The average molecular weight is 267 g/mol. The number of carbonyl (C=O) groups excluding carboxylic acids is 1. The molecule has 1 aliphatic carbocycles. The van der Waals surface area contributed by atoms with Crippen LogP contribution in [0.4, 0.5) is 0 Å². The Morgan fingerprint density at radius 3 is 2.21 bits per heavy atom. The normalized spacial score (nSPS) is 24.1. The van der Waals surface area contributed by atoms with Crippen molar-refractivity contribution >= 4 is 5.91 Å². The van der Waals surface area contributed by atoms with Crippen molar-refractivity contribution in [3.63, 3.8) is 0 Å².